The zero-order valence-corrected chi connectivity index (χ0v) is 11.5. The summed E-state index contributed by atoms with van der Waals surface area (Å²) in [7, 11) is 0. The van der Waals surface area contributed by atoms with Crippen molar-refractivity contribution in [1.82, 2.24) is 5.01 Å². The molecule has 0 saturated carbocycles. The predicted octanol–water partition coefficient (Wildman–Crippen LogP) is 2.93. The molecule has 5 heteroatoms. The molecule has 0 amide bonds. The number of hydrogen-bond acceptors (Lipinski definition) is 4. The van der Waals surface area contributed by atoms with Crippen LogP contribution in [0.1, 0.15) is 24.8 Å². The third-order valence-electron chi connectivity index (χ3n) is 3.32. The maximum Gasteiger partial charge on any atom is 0.179 e. The Morgan fingerprint density at radius 3 is 2.74 bits per heavy atom. The molecule has 3 rings (SSSR count). The van der Waals surface area contributed by atoms with Crippen molar-refractivity contribution in [3.05, 3.63) is 22.7 Å². The molecule has 2 aliphatic rings. The molecule has 1 aromatic rings. The van der Waals surface area contributed by atoms with Gasteiger partial charge in [0, 0.05) is 13.1 Å². The fourth-order valence-electron chi connectivity index (χ4n) is 2.35. The van der Waals surface area contributed by atoms with Gasteiger partial charge in [-0.3, -0.25) is 5.01 Å². The van der Waals surface area contributed by atoms with Gasteiger partial charge in [0.15, 0.2) is 11.5 Å². The number of rotatable bonds is 2. The number of hydrogen-bond donors (Lipinski definition) is 0. The van der Waals surface area contributed by atoms with Crippen LogP contribution in [0.2, 0.25) is 5.02 Å². The number of halogens is 1. The van der Waals surface area contributed by atoms with E-state index < -0.39 is 0 Å². The van der Waals surface area contributed by atoms with E-state index in [1.54, 1.807) is 0 Å². The monoisotopic (exact) mass is 280 g/mol. The van der Waals surface area contributed by atoms with Crippen molar-refractivity contribution >= 4 is 17.8 Å². The minimum absolute atomic E-state index is 0.550. The lowest BCUT2D eigenvalue weighted by Crippen LogP contribution is -2.24. The van der Waals surface area contributed by atoms with Crippen molar-refractivity contribution < 1.29 is 9.47 Å². The van der Waals surface area contributed by atoms with Crippen LogP contribution in [0.15, 0.2) is 17.2 Å². The van der Waals surface area contributed by atoms with Crippen LogP contribution in [0.4, 0.5) is 0 Å². The van der Waals surface area contributed by atoms with Crippen LogP contribution < -0.4 is 9.47 Å². The van der Waals surface area contributed by atoms with Crippen LogP contribution in [-0.4, -0.2) is 37.5 Å². The van der Waals surface area contributed by atoms with Crippen LogP contribution in [0.25, 0.3) is 0 Å². The van der Waals surface area contributed by atoms with Gasteiger partial charge < -0.3 is 9.47 Å². The van der Waals surface area contributed by atoms with Crippen molar-refractivity contribution in [2.75, 3.05) is 26.3 Å². The molecule has 0 atom stereocenters. The molecule has 4 nitrogen and oxygen atoms in total. The average molecular weight is 281 g/mol. The second-order valence-electron chi connectivity index (χ2n) is 4.79. The summed E-state index contributed by atoms with van der Waals surface area (Å²) >= 11 is 6.19. The van der Waals surface area contributed by atoms with E-state index in [0.717, 1.165) is 18.7 Å². The molecule has 0 aromatic heterocycles. The first-order valence-electron chi connectivity index (χ1n) is 6.71. The first-order chi connectivity index (χ1) is 9.33. The molecule has 0 unspecified atom stereocenters. The fraction of sp³-hybridized carbons (Fsp3) is 0.500. The Bertz CT molecular complexity index is 485. The summed E-state index contributed by atoms with van der Waals surface area (Å²) in [4.78, 5) is 0. The highest BCUT2D eigenvalue weighted by Crippen LogP contribution is 2.37. The Balaban J connectivity index is 1.77. The first kappa shape index (κ1) is 12.6. The van der Waals surface area contributed by atoms with Crippen LogP contribution in [0.5, 0.6) is 11.5 Å². The Kier molecular flexibility index (Phi) is 3.78. The Morgan fingerprint density at radius 2 is 1.89 bits per heavy atom. The molecule has 1 fully saturated rings. The molecule has 19 heavy (non-hydrogen) atoms. The molecular weight excluding hydrogens is 264 g/mol. The summed E-state index contributed by atoms with van der Waals surface area (Å²) < 4.78 is 11.0. The van der Waals surface area contributed by atoms with Crippen molar-refractivity contribution in [2.45, 2.75) is 19.3 Å². The lowest BCUT2D eigenvalue weighted by Gasteiger charge is -2.23. The summed E-state index contributed by atoms with van der Waals surface area (Å²) in [6.45, 7) is 3.19. The van der Waals surface area contributed by atoms with Crippen molar-refractivity contribution in [3.63, 3.8) is 0 Å². The van der Waals surface area contributed by atoms with Crippen LogP contribution in [0.3, 0.4) is 0 Å². The number of nitrogens with zero attached hydrogens (tertiary/aromatic N) is 2. The van der Waals surface area contributed by atoms with Crippen molar-refractivity contribution in [1.29, 1.82) is 0 Å². The zero-order chi connectivity index (χ0) is 13.1. The summed E-state index contributed by atoms with van der Waals surface area (Å²) in [6.07, 6.45) is 5.59. The second-order valence-corrected chi connectivity index (χ2v) is 5.19. The number of ether oxygens (including phenoxy) is 2. The van der Waals surface area contributed by atoms with E-state index in [-0.39, 0.29) is 0 Å². The molecule has 2 heterocycles. The van der Waals surface area contributed by atoms with E-state index in [1.807, 2.05) is 18.3 Å². The second kappa shape index (κ2) is 5.70. The van der Waals surface area contributed by atoms with Gasteiger partial charge >= 0.3 is 0 Å². The third-order valence-corrected chi connectivity index (χ3v) is 3.60. The van der Waals surface area contributed by atoms with E-state index in [4.69, 9.17) is 21.1 Å². The van der Waals surface area contributed by atoms with E-state index in [2.05, 4.69) is 10.1 Å². The molecule has 102 valence electrons. The van der Waals surface area contributed by atoms with Gasteiger partial charge in [-0.1, -0.05) is 11.6 Å². The highest BCUT2D eigenvalue weighted by atomic mass is 35.5. The number of benzene rings is 1. The number of fused-ring (bicyclic) bond motifs is 1. The Labute approximate surface area is 117 Å². The minimum Gasteiger partial charge on any atom is -0.486 e. The highest BCUT2D eigenvalue weighted by Gasteiger charge is 2.16. The molecule has 1 aromatic carbocycles. The lowest BCUT2D eigenvalue weighted by molar-refractivity contribution is 0.171. The molecule has 0 radical (unpaired) electrons. The van der Waals surface area contributed by atoms with Crippen molar-refractivity contribution in [3.8, 4) is 11.5 Å². The summed E-state index contributed by atoms with van der Waals surface area (Å²) in [5.41, 5.74) is 0.944. The van der Waals surface area contributed by atoms with E-state index in [9.17, 15) is 0 Å². The predicted molar refractivity (Wildman–Crippen MR) is 75.5 cm³/mol. The molecular formula is C14H17ClN2O2. The van der Waals surface area contributed by atoms with Gasteiger partial charge in [-0.25, -0.2) is 0 Å². The van der Waals surface area contributed by atoms with Gasteiger partial charge in [-0.15, -0.1) is 0 Å². The lowest BCUT2D eigenvalue weighted by atomic mass is 10.2. The minimum atomic E-state index is 0.550. The molecule has 0 aliphatic carbocycles. The number of piperidine rings is 1. The Morgan fingerprint density at radius 1 is 1.11 bits per heavy atom. The standard InChI is InChI=1S/C14H17ClN2O2/c15-12-8-11(9-13-14(12)19-7-6-18-13)10-16-17-4-2-1-3-5-17/h8-10H,1-7H2/b16-10-. The van der Waals surface area contributed by atoms with Gasteiger partial charge in [0.2, 0.25) is 0 Å². The molecule has 0 bridgehead atoms. The Hall–Kier alpha value is -1.42. The maximum atomic E-state index is 6.19. The molecule has 0 spiro atoms. The van der Waals surface area contributed by atoms with Crippen LogP contribution in [0, 0.1) is 0 Å². The van der Waals surface area contributed by atoms with Gasteiger partial charge in [0.05, 0.1) is 11.2 Å². The van der Waals surface area contributed by atoms with E-state index in [1.165, 1.54) is 19.3 Å². The van der Waals surface area contributed by atoms with E-state index in [0.29, 0.717) is 29.7 Å². The highest BCUT2D eigenvalue weighted by molar-refractivity contribution is 6.32. The van der Waals surface area contributed by atoms with Gasteiger partial charge in [-0.2, -0.15) is 5.10 Å². The average Bonchev–Trinajstić information content (AvgIpc) is 2.46. The van der Waals surface area contributed by atoms with Crippen molar-refractivity contribution in [2.24, 2.45) is 5.10 Å². The van der Waals surface area contributed by atoms with E-state index >= 15 is 0 Å². The molecule has 1 saturated heterocycles. The largest absolute Gasteiger partial charge is 0.486 e. The topological polar surface area (TPSA) is 34.1 Å². The SMILES string of the molecule is Clc1cc(/C=N\N2CCCCC2)cc2c1OCCO2. The first-order valence-corrected chi connectivity index (χ1v) is 7.09. The molecule has 2 aliphatic heterocycles. The quantitative estimate of drug-likeness (QED) is 0.781. The summed E-state index contributed by atoms with van der Waals surface area (Å²) in [5, 5.41) is 7.18. The van der Waals surface area contributed by atoms with Gasteiger partial charge in [0.1, 0.15) is 13.2 Å². The summed E-state index contributed by atoms with van der Waals surface area (Å²) in [6, 6.07) is 3.79. The van der Waals surface area contributed by atoms with Crippen LogP contribution >= 0.6 is 11.6 Å². The normalized spacial score (nSPS) is 18.9. The van der Waals surface area contributed by atoms with Crippen LogP contribution in [-0.2, 0) is 0 Å². The zero-order valence-electron chi connectivity index (χ0n) is 10.8. The van der Waals surface area contributed by atoms with Gasteiger partial charge in [0.25, 0.3) is 0 Å². The number of hydrazone groups is 1. The maximum absolute atomic E-state index is 6.19. The molecule has 0 N–H and O–H groups in total. The van der Waals surface area contributed by atoms with Gasteiger partial charge in [-0.05, 0) is 37.0 Å². The summed E-state index contributed by atoms with van der Waals surface area (Å²) in [5.74, 6) is 1.35. The smallest absolute Gasteiger partial charge is 0.179 e. The fourth-order valence-corrected chi connectivity index (χ4v) is 2.62. The third kappa shape index (κ3) is 2.95.